The summed E-state index contributed by atoms with van der Waals surface area (Å²) in [6.07, 6.45) is 6.10. The van der Waals surface area contributed by atoms with Crippen LogP contribution in [0.4, 0.5) is 0 Å². The normalized spacial score (nSPS) is 18.3. The lowest BCUT2D eigenvalue weighted by Crippen LogP contribution is -2.46. The first kappa shape index (κ1) is 49.2. The third-order valence-corrected chi connectivity index (χ3v) is 12.9. The zero-order chi connectivity index (χ0) is 47.2. The standard InChI is InChI=1S/C53H64N6O7/c1-34-29-48(62)51(59(2)53(64)42(22-24-55)33-47(61)40-17-15-39(16-18-40)38-13-11-37(12-14-38)36-7-4-3-5-8-36)41-19-21-50(66-28-26-57)44(32-41)43-30-35(10-20-49(43)65-27-25-56)31-45(58-52(34)63)46(60)9-6-23-54/h10-21,30,32,34,36,42,45,51H,3-9,22,24-29,31,33,55-57H2,1-2H3,(H,58,63)/t34-,42-,45+,51+/m1/s1. The van der Waals surface area contributed by atoms with Gasteiger partial charge in [-0.15, -0.1) is 0 Å². The Kier molecular flexibility index (Phi) is 17.8. The van der Waals surface area contributed by atoms with Crippen molar-refractivity contribution in [1.82, 2.24) is 10.2 Å². The Bertz CT molecular complexity index is 2370. The van der Waals surface area contributed by atoms with Crippen LogP contribution in [0.5, 0.6) is 11.5 Å². The summed E-state index contributed by atoms with van der Waals surface area (Å²) in [6.45, 7) is 2.53. The van der Waals surface area contributed by atoms with Crippen molar-refractivity contribution in [3.63, 3.8) is 0 Å². The van der Waals surface area contributed by atoms with Crippen LogP contribution < -0.4 is 32.0 Å². The number of nitrogens with one attached hydrogen (secondary N) is 1. The smallest absolute Gasteiger partial charge is 0.226 e. The molecule has 0 radical (unpaired) electrons. The maximum atomic E-state index is 14.7. The fourth-order valence-corrected chi connectivity index (χ4v) is 9.22. The van der Waals surface area contributed by atoms with Crippen molar-refractivity contribution in [3.8, 4) is 39.8 Å². The second-order valence-corrected chi connectivity index (χ2v) is 17.6. The van der Waals surface area contributed by atoms with Gasteiger partial charge in [-0.25, -0.2) is 0 Å². The Labute approximate surface area is 388 Å². The topological polar surface area (TPSA) is 221 Å². The quantitative estimate of drug-likeness (QED) is 0.0746. The molecule has 1 aliphatic heterocycles. The molecule has 1 heterocycles. The molecule has 4 bridgehead atoms. The number of rotatable bonds is 18. The van der Waals surface area contributed by atoms with E-state index in [4.69, 9.17) is 26.7 Å². The van der Waals surface area contributed by atoms with Crippen LogP contribution in [0.2, 0.25) is 0 Å². The van der Waals surface area contributed by atoms with Crippen LogP contribution >= 0.6 is 0 Å². The van der Waals surface area contributed by atoms with Gasteiger partial charge in [0.05, 0.1) is 12.1 Å². The lowest BCUT2D eigenvalue weighted by molar-refractivity contribution is -0.142. The molecule has 1 saturated carbocycles. The van der Waals surface area contributed by atoms with E-state index in [2.05, 4.69) is 29.6 Å². The van der Waals surface area contributed by atoms with Gasteiger partial charge in [0.1, 0.15) is 30.8 Å². The molecule has 0 spiro atoms. The van der Waals surface area contributed by atoms with Crippen LogP contribution in [-0.4, -0.2) is 80.0 Å². The van der Waals surface area contributed by atoms with E-state index in [9.17, 15) is 29.2 Å². The lowest BCUT2D eigenvalue weighted by Gasteiger charge is -2.32. The van der Waals surface area contributed by atoms with Crippen molar-refractivity contribution in [2.24, 2.45) is 29.0 Å². The largest absolute Gasteiger partial charge is 0.492 e. The minimum Gasteiger partial charge on any atom is -0.492 e. The van der Waals surface area contributed by atoms with E-state index in [-0.39, 0.29) is 82.9 Å². The zero-order valence-corrected chi connectivity index (χ0v) is 38.3. The predicted molar refractivity (Wildman–Crippen MR) is 255 cm³/mol. The fourth-order valence-electron chi connectivity index (χ4n) is 9.22. The number of fused-ring (bicyclic) bond motifs is 5. The summed E-state index contributed by atoms with van der Waals surface area (Å²) in [6, 6.07) is 26.5. The summed E-state index contributed by atoms with van der Waals surface area (Å²) in [7, 11) is 1.53. The molecule has 13 heteroatoms. The summed E-state index contributed by atoms with van der Waals surface area (Å²) >= 11 is 0. The molecule has 0 saturated heterocycles. The minimum atomic E-state index is -1.21. The van der Waals surface area contributed by atoms with Gasteiger partial charge in [-0.2, -0.15) is 5.26 Å². The molecule has 13 nitrogen and oxygen atoms in total. The number of carbonyl (C=O) groups is 5. The summed E-state index contributed by atoms with van der Waals surface area (Å²) in [5.41, 5.74) is 23.9. The number of hydrogen-bond acceptors (Lipinski definition) is 11. The van der Waals surface area contributed by atoms with Gasteiger partial charge in [-0.05, 0) is 90.2 Å². The van der Waals surface area contributed by atoms with Crippen molar-refractivity contribution < 1.29 is 33.4 Å². The molecule has 4 aromatic rings. The van der Waals surface area contributed by atoms with Gasteiger partial charge in [0.15, 0.2) is 17.3 Å². The molecule has 4 atom stereocenters. The molecular weight excluding hydrogens is 833 g/mol. The molecular formula is C53H64N6O7. The molecule has 0 unspecified atom stereocenters. The van der Waals surface area contributed by atoms with Gasteiger partial charge < -0.3 is 36.9 Å². The molecule has 4 aromatic carbocycles. The molecule has 2 amide bonds. The first-order valence-electron chi connectivity index (χ1n) is 23.3. The highest BCUT2D eigenvalue weighted by molar-refractivity contribution is 6.00. The van der Waals surface area contributed by atoms with Crippen LogP contribution in [0, 0.1) is 23.2 Å². The second-order valence-electron chi connectivity index (χ2n) is 17.6. The van der Waals surface area contributed by atoms with E-state index in [0.29, 0.717) is 45.2 Å². The van der Waals surface area contributed by atoms with Crippen LogP contribution in [0.3, 0.4) is 0 Å². The first-order chi connectivity index (χ1) is 32.0. The summed E-state index contributed by atoms with van der Waals surface area (Å²) < 4.78 is 12.3. The van der Waals surface area contributed by atoms with Crippen molar-refractivity contribution in [1.29, 1.82) is 5.26 Å². The number of carbonyl (C=O) groups excluding carboxylic acids is 5. The maximum absolute atomic E-state index is 14.7. The number of nitriles is 1. The number of Topliss-reactive ketones (excluding diaryl/α,β-unsaturated/α-hetero) is 3. The van der Waals surface area contributed by atoms with Crippen LogP contribution in [-0.2, 0) is 25.6 Å². The molecule has 6 rings (SSSR count). The van der Waals surface area contributed by atoms with Gasteiger partial charge in [0.2, 0.25) is 11.8 Å². The predicted octanol–water partition coefficient (Wildman–Crippen LogP) is 6.99. The maximum Gasteiger partial charge on any atom is 0.226 e. The van der Waals surface area contributed by atoms with E-state index >= 15 is 0 Å². The molecule has 2 aliphatic rings. The Morgan fingerprint density at radius 3 is 2.02 bits per heavy atom. The number of likely N-dealkylation sites (N-methyl/N-ethyl adjacent to an activating group) is 1. The van der Waals surface area contributed by atoms with Crippen LogP contribution in [0.25, 0.3) is 22.3 Å². The average molecular weight is 897 g/mol. The highest BCUT2D eigenvalue weighted by atomic mass is 16.5. The Morgan fingerprint density at radius 2 is 1.39 bits per heavy atom. The SMILES string of the molecule is C[C@@H]1CC(=O)[C@@H](N(C)C(=O)[C@H](CCN)CC(=O)c2ccc(-c3ccc(C4CCCCC4)cc3)cc2)c2ccc(OCCN)c(c2)-c2cc(ccc2OCCN)C[C@@H](C(=O)CCC#N)NC1=O. The number of hydrogen-bond donors (Lipinski definition) is 4. The Balaban J connectivity index is 1.33. The molecule has 1 fully saturated rings. The first-order valence-corrected chi connectivity index (χ1v) is 23.3. The Morgan fingerprint density at radius 1 is 0.788 bits per heavy atom. The lowest BCUT2D eigenvalue weighted by atomic mass is 9.83. The van der Waals surface area contributed by atoms with E-state index < -0.39 is 41.5 Å². The molecule has 1 aliphatic carbocycles. The molecule has 0 aromatic heterocycles. The minimum absolute atomic E-state index is 0.0226. The third-order valence-electron chi connectivity index (χ3n) is 12.9. The van der Waals surface area contributed by atoms with Gasteiger partial charge >= 0.3 is 0 Å². The number of ether oxygens (including phenoxy) is 2. The summed E-state index contributed by atoms with van der Waals surface area (Å²) in [5, 5.41) is 12.1. The molecule has 7 N–H and O–H groups in total. The number of amides is 2. The highest BCUT2D eigenvalue weighted by Crippen LogP contribution is 2.41. The van der Waals surface area contributed by atoms with Crippen molar-refractivity contribution in [2.75, 3.05) is 39.9 Å². The van der Waals surface area contributed by atoms with E-state index in [1.807, 2.05) is 24.3 Å². The highest BCUT2D eigenvalue weighted by Gasteiger charge is 2.36. The van der Waals surface area contributed by atoms with E-state index in [0.717, 1.165) is 11.1 Å². The fraction of sp³-hybridized carbons (Fsp3) is 0.434. The number of nitrogens with two attached hydrogens (primary N) is 3. The third kappa shape index (κ3) is 12.4. The number of nitrogens with zero attached hydrogens (tertiary/aromatic N) is 2. The van der Waals surface area contributed by atoms with E-state index in [1.54, 1.807) is 49.4 Å². The van der Waals surface area contributed by atoms with Crippen molar-refractivity contribution in [3.05, 3.63) is 107 Å². The second kappa shape index (κ2) is 23.8. The van der Waals surface area contributed by atoms with Crippen LogP contribution in [0.1, 0.15) is 110 Å². The zero-order valence-electron chi connectivity index (χ0n) is 38.3. The van der Waals surface area contributed by atoms with Gasteiger partial charge in [0.25, 0.3) is 0 Å². The Hall–Kier alpha value is -6.20. The van der Waals surface area contributed by atoms with Gasteiger partial charge in [-0.1, -0.05) is 86.8 Å². The summed E-state index contributed by atoms with van der Waals surface area (Å²) in [5.74, 6) is -2.24. The summed E-state index contributed by atoms with van der Waals surface area (Å²) in [4.78, 5) is 72.0. The van der Waals surface area contributed by atoms with Crippen molar-refractivity contribution in [2.45, 2.75) is 95.6 Å². The monoisotopic (exact) mass is 896 g/mol. The van der Waals surface area contributed by atoms with Crippen molar-refractivity contribution >= 4 is 29.2 Å². The number of benzene rings is 4. The van der Waals surface area contributed by atoms with Gasteiger partial charge in [-0.3, -0.25) is 24.0 Å². The van der Waals surface area contributed by atoms with Gasteiger partial charge in [0, 0.05) is 74.3 Å². The van der Waals surface area contributed by atoms with E-state index in [1.165, 1.54) is 49.6 Å². The van der Waals surface area contributed by atoms with Crippen LogP contribution in [0.15, 0.2) is 84.9 Å². The molecule has 348 valence electrons. The molecule has 66 heavy (non-hydrogen) atoms. The average Bonchev–Trinajstić information content (AvgIpc) is 3.34. The number of ketones is 3.